The number of hydrogen-bond acceptors (Lipinski definition) is 3. The lowest BCUT2D eigenvalue weighted by Crippen LogP contribution is -2.51. The van der Waals surface area contributed by atoms with Gasteiger partial charge in [0.2, 0.25) is 0 Å². The standard InChI is InChI=1S/C16H33N3/c1-4-7-16(8-10-17-11-9-16)14-19-12-5-6-15(13-19)18(2)3/h15,17H,4-14H2,1-3H3. The Labute approximate surface area is 119 Å². The molecule has 0 bridgehead atoms. The summed E-state index contributed by atoms with van der Waals surface area (Å²) in [5, 5.41) is 3.54. The van der Waals surface area contributed by atoms with Gasteiger partial charge in [0.25, 0.3) is 0 Å². The SMILES string of the molecule is CCCC1(CN2CCCC(N(C)C)C2)CCNCC1. The molecule has 2 aliphatic heterocycles. The maximum atomic E-state index is 3.54. The van der Waals surface area contributed by atoms with Crippen molar-refractivity contribution in [3.05, 3.63) is 0 Å². The molecule has 2 heterocycles. The predicted molar refractivity (Wildman–Crippen MR) is 82.6 cm³/mol. The van der Waals surface area contributed by atoms with Crippen LogP contribution in [0.1, 0.15) is 45.4 Å². The number of likely N-dealkylation sites (N-methyl/N-ethyl adjacent to an activating group) is 1. The van der Waals surface area contributed by atoms with Crippen LogP contribution in [0.3, 0.4) is 0 Å². The molecule has 2 aliphatic rings. The fraction of sp³-hybridized carbons (Fsp3) is 1.00. The molecule has 112 valence electrons. The fourth-order valence-corrected chi connectivity index (χ4v) is 4.05. The van der Waals surface area contributed by atoms with Gasteiger partial charge in [0.15, 0.2) is 0 Å². The summed E-state index contributed by atoms with van der Waals surface area (Å²) >= 11 is 0. The second kappa shape index (κ2) is 7.05. The van der Waals surface area contributed by atoms with E-state index < -0.39 is 0 Å². The molecule has 0 amide bonds. The summed E-state index contributed by atoms with van der Waals surface area (Å²) in [4.78, 5) is 5.18. The summed E-state index contributed by atoms with van der Waals surface area (Å²) in [7, 11) is 4.47. The predicted octanol–water partition coefficient (Wildman–Crippen LogP) is 2.18. The molecule has 0 aromatic heterocycles. The van der Waals surface area contributed by atoms with Crippen molar-refractivity contribution in [3.8, 4) is 0 Å². The molecule has 1 N–H and O–H groups in total. The average Bonchev–Trinajstić information content (AvgIpc) is 2.40. The van der Waals surface area contributed by atoms with Gasteiger partial charge in [-0.1, -0.05) is 13.3 Å². The van der Waals surface area contributed by atoms with Crippen LogP contribution in [-0.4, -0.2) is 62.7 Å². The normalized spacial score (nSPS) is 28.7. The minimum absolute atomic E-state index is 0.605. The molecular weight excluding hydrogens is 234 g/mol. The van der Waals surface area contributed by atoms with E-state index >= 15 is 0 Å². The van der Waals surface area contributed by atoms with Crippen LogP contribution >= 0.6 is 0 Å². The van der Waals surface area contributed by atoms with Crippen molar-refractivity contribution in [1.29, 1.82) is 0 Å². The second-order valence-electron chi connectivity index (χ2n) is 6.99. The topological polar surface area (TPSA) is 18.5 Å². The Morgan fingerprint density at radius 2 is 2.00 bits per heavy atom. The van der Waals surface area contributed by atoms with Gasteiger partial charge in [0.1, 0.15) is 0 Å². The summed E-state index contributed by atoms with van der Waals surface area (Å²) in [6.45, 7) is 8.75. The van der Waals surface area contributed by atoms with E-state index in [9.17, 15) is 0 Å². The van der Waals surface area contributed by atoms with Gasteiger partial charge in [-0.05, 0) is 71.2 Å². The van der Waals surface area contributed by atoms with Crippen molar-refractivity contribution in [2.75, 3.05) is 46.8 Å². The third-order valence-electron chi connectivity index (χ3n) is 5.21. The lowest BCUT2D eigenvalue weighted by atomic mass is 9.74. The third kappa shape index (κ3) is 4.17. The Kier molecular flexibility index (Phi) is 5.67. The van der Waals surface area contributed by atoms with Crippen LogP contribution < -0.4 is 5.32 Å². The molecule has 2 fully saturated rings. The van der Waals surface area contributed by atoms with Crippen molar-refractivity contribution in [2.45, 2.75) is 51.5 Å². The summed E-state index contributed by atoms with van der Waals surface area (Å²) in [6, 6.07) is 0.772. The van der Waals surface area contributed by atoms with Gasteiger partial charge >= 0.3 is 0 Å². The zero-order chi connectivity index (χ0) is 13.7. The van der Waals surface area contributed by atoms with Crippen LogP contribution in [0.5, 0.6) is 0 Å². The fourth-order valence-electron chi connectivity index (χ4n) is 4.05. The van der Waals surface area contributed by atoms with Crippen LogP contribution in [0.25, 0.3) is 0 Å². The molecule has 0 aromatic carbocycles. The van der Waals surface area contributed by atoms with Crippen LogP contribution in [0.4, 0.5) is 0 Å². The molecule has 3 nitrogen and oxygen atoms in total. The van der Waals surface area contributed by atoms with E-state index in [1.165, 1.54) is 71.2 Å². The number of nitrogens with one attached hydrogen (secondary N) is 1. The molecule has 0 saturated carbocycles. The van der Waals surface area contributed by atoms with Crippen molar-refractivity contribution in [2.24, 2.45) is 5.41 Å². The van der Waals surface area contributed by atoms with Crippen molar-refractivity contribution in [3.63, 3.8) is 0 Å². The zero-order valence-electron chi connectivity index (χ0n) is 13.2. The minimum atomic E-state index is 0.605. The van der Waals surface area contributed by atoms with Gasteiger partial charge in [-0.25, -0.2) is 0 Å². The van der Waals surface area contributed by atoms with Crippen LogP contribution in [0.15, 0.2) is 0 Å². The number of piperidine rings is 2. The molecule has 3 heteroatoms. The monoisotopic (exact) mass is 267 g/mol. The van der Waals surface area contributed by atoms with Crippen molar-refractivity contribution >= 4 is 0 Å². The van der Waals surface area contributed by atoms with Crippen LogP contribution in [-0.2, 0) is 0 Å². The Bertz CT molecular complexity index is 253. The highest BCUT2D eigenvalue weighted by Gasteiger charge is 2.34. The van der Waals surface area contributed by atoms with Crippen LogP contribution in [0.2, 0.25) is 0 Å². The Morgan fingerprint density at radius 1 is 1.26 bits per heavy atom. The minimum Gasteiger partial charge on any atom is -0.317 e. The third-order valence-corrected chi connectivity index (χ3v) is 5.21. The smallest absolute Gasteiger partial charge is 0.0217 e. The van der Waals surface area contributed by atoms with Gasteiger partial charge in [0, 0.05) is 19.1 Å². The number of nitrogens with zero attached hydrogens (tertiary/aromatic N) is 2. The van der Waals surface area contributed by atoms with Crippen molar-refractivity contribution < 1.29 is 0 Å². The molecule has 0 aliphatic carbocycles. The van der Waals surface area contributed by atoms with E-state index in [2.05, 4.69) is 36.1 Å². The molecule has 0 radical (unpaired) electrons. The first-order chi connectivity index (χ1) is 9.15. The Morgan fingerprint density at radius 3 is 2.63 bits per heavy atom. The molecule has 0 aromatic rings. The highest BCUT2D eigenvalue weighted by molar-refractivity contribution is 4.89. The van der Waals surface area contributed by atoms with E-state index in [1.54, 1.807) is 0 Å². The van der Waals surface area contributed by atoms with E-state index in [1.807, 2.05) is 0 Å². The molecule has 19 heavy (non-hydrogen) atoms. The molecule has 2 saturated heterocycles. The van der Waals surface area contributed by atoms with E-state index in [4.69, 9.17) is 0 Å². The van der Waals surface area contributed by atoms with Gasteiger partial charge in [-0.3, -0.25) is 0 Å². The first kappa shape index (κ1) is 15.3. The summed E-state index contributed by atoms with van der Waals surface area (Å²) in [5.41, 5.74) is 0.605. The average molecular weight is 267 g/mol. The van der Waals surface area contributed by atoms with Gasteiger partial charge in [-0.15, -0.1) is 0 Å². The number of likely N-dealkylation sites (tertiary alicyclic amines) is 1. The summed E-state index contributed by atoms with van der Waals surface area (Å²) < 4.78 is 0. The number of rotatable bonds is 5. The van der Waals surface area contributed by atoms with Gasteiger partial charge in [0.05, 0.1) is 0 Å². The Balaban J connectivity index is 1.92. The second-order valence-corrected chi connectivity index (χ2v) is 6.99. The Hall–Kier alpha value is -0.120. The van der Waals surface area contributed by atoms with E-state index in [0.29, 0.717) is 5.41 Å². The van der Waals surface area contributed by atoms with Gasteiger partial charge in [-0.2, -0.15) is 0 Å². The molecule has 1 atom stereocenters. The van der Waals surface area contributed by atoms with E-state index in [-0.39, 0.29) is 0 Å². The highest BCUT2D eigenvalue weighted by atomic mass is 15.2. The maximum Gasteiger partial charge on any atom is 0.0217 e. The summed E-state index contributed by atoms with van der Waals surface area (Å²) in [5.74, 6) is 0. The number of hydrogen-bond donors (Lipinski definition) is 1. The highest BCUT2D eigenvalue weighted by Crippen LogP contribution is 2.35. The molecule has 1 unspecified atom stereocenters. The molecule has 2 rings (SSSR count). The largest absolute Gasteiger partial charge is 0.317 e. The lowest BCUT2D eigenvalue weighted by Gasteiger charge is -2.44. The quantitative estimate of drug-likeness (QED) is 0.824. The van der Waals surface area contributed by atoms with Gasteiger partial charge < -0.3 is 15.1 Å². The maximum absolute atomic E-state index is 3.54. The molecular formula is C16H33N3. The van der Waals surface area contributed by atoms with Crippen LogP contribution in [0, 0.1) is 5.41 Å². The summed E-state index contributed by atoms with van der Waals surface area (Å²) in [6.07, 6.45) is 8.27. The first-order valence-electron chi connectivity index (χ1n) is 8.25. The zero-order valence-corrected chi connectivity index (χ0v) is 13.2. The molecule has 0 spiro atoms. The van der Waals surface area contributed by atoms with Crippen molar-refractivity contribution in [1.82, 2.24) is 15.1 Å². The first-order valence-corrected chi connectivity index (χ1v) is 8.25. The van der Waals surface area contributed by atoms with E-state index in [0.717, 1.165) is 6.04 Å². The lowest BCUT2D eigenvalue weighted by molar-refractivity contribution is 0.0601.